The van der Waals surface area contributed by atoms with Crippen molar-refractivity contribution < 1.29 is 0 Å². The Morgan fingerprint density at radius 3 is 2.69 bits per heavy atom. The van der Waals surface area contributed by atoms with Crippen LogP contribution in [0.25, 0.3) is 0 Å². The van der Waals surface area contributed by atoms with Gasteiger partial charge in [-0.2, -0.15) is 5.26 Å². The van der Waals surface area contributed by atoms with Crippen molar-refractivity contribution >= 4 is 11.6 Å². The zero-order valence-electron chi connectivity index (χ0n) is 9.72. The number of nitrogens with two attached hydrogens (primary N) is 1. The number of rotatable bonds is 5. The molecule has 0 unspecified atom stereocenters. The van der Waals surface area contributed by atoms with E-state index in [1.165, 1.54) is 6.20 Å². The lowest BCUT2D eigenvalue weighted by atomic mass is 10.2. The van der Waals surface area contributed by atoms with Crippen LogP contribution in [0.4, 0.5) is 11.6 Å². The van der Waals surface area contributed by atoms with E-state index in [0.29, 0.717) is 24.7 Å². The number of nitrogen functional groups attached to an aromatic ring is 1. The molecule has 1 aromatic rings. The van der Waals surface area contributed by atoms with E-state index in [9.17, 15) is 0 Å². The zero-order valence-corrected chi connectivity index (χ0v) is 9.72. The molecule has 0 spiro atoms. The largest absolute Gasteiger partial charge is 0.382 e. The highest BCUT2D eigenvalue weighted by molar-refractivity contribution is 5.39. The van der Waals surface area contributed by atoms with E-state index in [-0.39, 0.29) is 0 Å². The van der Waals surface area contributed by atoms with Crippen LogP contribution in [-0.2, 0) is 0 Å². The molecule has 0 aliphatic heterocycles. The summed E-state index contributed by atoms with van der Waals surface area (Å²) in [4.78, 5) is 10.3. The fourth-order valence-electron chi connectivity index (χ4n) is 1.42. The van der Waals surface area contributed by atoms with Gasteiger partial charge in [0, 0.05) is 13.1 Å². The van der Waals surface area contributed by atoms with Crippen molar-refractivity contribution in [3.8, 4) is 6.07 Å². The van der Waals surface area contributed by atoms with Crippen LogP contribution in [0.1, 0.15) is 20.3 Å². The molecule has 1 heterocycles. The maximum atomic E-state index is 8.61. The molecule has 0 amide bonds. The number of hydrogen-bond acceptors (Lipinski definition) is 5. The summed E-state index contributed by atoms with van der Waals surface area (Å²) in [6, 6.07) is 2.14. The molecule has 0 aromatic carbocycles. The summed E-state index contributed by atoms with van der Waals surface area (Å²) in [5.74, 6) is 1.70. The van der Waals surface area contributed by atoms with E-state index in [4.69, 9.17) is 11.0 Å². The van der Waals surface area contributed by atoms with E-state index in [1.807, 2.05) is 0 Å². The Balaban J connectivity index is 2.75. The van der Waals surface area contributed by atoms with Crippen LogP contribution in [-0.4, -0.2) is 23.1 Å². The molecule has 1 rings (SSSR count). The lowest BCUT2D eigenvalue weighted by Gasteiger charge is -2.24. The van der Waals surface area contributed by atoms with Crippen LogP contribution >= 0.6 is 0 Å². The molecule has 5 nitrogen and oxygen atoms in total. The van der Waals surface area contributed by atoms with E-state index in [2.05, 4.69) is 34.8 Å². The molecular weight excluding hydrogens is 202 g/mol. The van der Waals surface area contributed by atoms with E-state index in [0.717, 1.165) is 12.4 Å². The molecule has 0 aliphatic rings. The molecule has 16 heavy (non-hydrogen) atoms. The first-order valence-corrected chi connectivity index (χ1v) is 5.33. The predicted molar refractivity (Wildman–Crippen MR) is 63.7 cm³/mol. The van der Waals surface area contributed by atoms with E-state index >= 15 is 0 Å². The van der Waals surface area contributed by atoms with Gasteiger partial charge in [-0.05, 0) is 5.92 Å². The van der Waals surface area contributed by atoms with Gasteiger partial charge in [0.1, 0.15) is 11.6 Å². The van der Waals surface area contributed by atoms with Crippen LogP contribution in [0.5, 0.6) is 0 Å². The second kappa shape index (κ2) is 5.91. The monoisotopic (exact) mass is 219 g/mol. The minimum absolute atomic E-state index is 0.411. The molecule has 0 saturated heterocycles. The Morgan fingerprint density at radius 1 is 1.44 bits per heavy atom. The minimum Gasteiger partial charge on any atom is -0.382 e. The van der Waals surface area contributed by atoms with Gasteiger partial charge in [-0.15, -0.1) is 0 Å². The molecule has 86 valence electrons. The number of aromatic nitrogens is 2. The first-order chi connectivity index (χ1) is 7.63. The van der Waals surface area contributed by atoms with Crippen LogP contribution < -0.4 is 10.6 Å². The molecule has 5 heteroatoms. The van der Waals surface area contributed by atoms with Gasteiger partial charge in [0.15, 0.2) is 0 Å². The van der Waals surface area contributed by atoms with Gasteiger partial charge in [0.2, 0.25) is 0 Å². The first-order valence-electron chi connectivity index (χ1n) is 5.33. The van der Waals surface area contributed by atoms with Gasteiger partial charge in [-0.1, -0.05) is 13.8 Å². The third kappa shape index (κ3) is 3.73. The van der Waals surface area contributed by atoms with Crippen molar-refractivity contribution in [3.05, 3.63) is 12.4 Å². The normalized spacial score (nSPS) is 10.1. The van der Waals surface area contributed by atoms with Crippen LogP contribution in [0, 0.1) is 17.2 Å². The van der Waals surface area contributed by atoms with E-state index < -0.39 is 0 Å². The van der Waals surface area contributed by atoms with Crippen molar-refractivity contribution in [1.82, 2.24) is 9.97 Å². The number of hydrogen-bond donors (Lipinski definition) is 1. The predicted octanol–water partition coefficient (Wildman–Crippen LogP) is 1.43. The van der Waals surface area contributed by atoms with Crippen molar-refractivity contribution in [2.75, 3.05) is 23.7 Å². The fraction of sp³-hybridized carbons (Fsp3) is 0.545. The Hall–Kier alpha value is -1.83. The lowest BCUT2D eigenvalue weighted by Crippen LogP contribution is -2.29. The van der Waals surface area contributed by atoms with Crippen molar-refractivity contribution in [2.45, 2.75) is 20.3 Å². The fourth-order valence-corrected chi connectivity index (χ4v) is 1.42. The lowest BCUT2D eigenvalue weighted by molar-refractivity contribution is 0.607. The Bertz CT molecular complexity index is 352. The third-order valence-corrected chi connectivity index (χ3v) is 2.06. The molecule has 0 fully saturated rings. The smallest absolute Gasteiger partial charge is 0.147 e. The number of nitrogens with zero attached hydrogens (tertiary/aromatic N) is 4. The molecule has 0 bridgehead atoms. The van der Waals surface area contributed by atoms with Gasteiger partial charge in [-0.3, -0.25) is 0 Å². The van der Waals surface area contributed by atoms with Gasteiger partial charge < -0.3 is 10.6 Å². The molecule has 0 saturated carbocycles. The molecule has 2 N–H and O–H groups in total. The molecule has 0 atom stereocenters. The summed E-state index contributed by atoms with van der Waals surface area (Å²) in [6.07, 6.45) is 3.67. The molecule has 0 aliphatic carbocycles. The van der Waals surface area contributed by atoms with Gasteiger partial charge in [0.25, 0.3) is 0 Å². The van der Waals surface area contributed by atoms with Crippen molar-refractivity contribution in [2.24, 2.45) is 5.92 Å². The quantitative estimate of drug-likeness (QED) is 0.810. The topological polar surface area (TPSA) is 78.8 Å². The average molecular weight is 219 g/mol. The van der Waals surface area contributed by atoms with Crippen molar-refractivity contribution in [3.63, 3.8) is 0 Å². The minimum atomic E-state index is 0.411. The van der Waals surface area contributed by atoms with Crippen LogP contribution in [0.2, 0.25) is 0 Å². The van der Waals surface area contributed by atoms with E-state index in [1.54, 1.807) is 6.20 Å². The summed E-state index contributed by atoms with van der Waals surface area (Å²) in [7, 11) is 0. The standard InChI is InChI=1S/C11H17N5/c1-9(2)8-16(5-3-4-12)11-7-14-10(13)6-15-11/h6-7,9H,3,5,8H2,1-2H3,(H2,13,14). The Kier molecular flexibility index (Phi) is 4.52. The average Bonchev–Trinajstić information content (AvgIpc) is 2.25. The summed E-state index contributed by atoms with van der Waals surface area (Å²) >= 11 is 0. The second-order valence-electron chi connectivity index (χ2n) is 4.05. The van der Waals surface area contributed by atoms with Crippen LogP contribution in [0.15, 0.2) is 12.4 Å². The molecule has 1 aromatic heterocycles. The molecular formula is C11H17N5. The number of anilines is 2. The number of nitriles is 1. The highest BCUT2D eigenvalue weighted by atomic mass is 15.2. The van der Waals surface area contributed by atoms with Crippen LogP contribution in [0.3, 0.4) is 0 Å². The van der Waals surface area contributed by atoms with Crippen molar-refractivity contribution in [1.29, 1.82) is 5.26 Å². The third-order valence-electron chi connectivity index (χ3n) is 2.06. The SMILES string of the molecule is CC(C)CN(CCC#N)c1cnc(N)cn1. The van der Waals surface area contributed by atoms with Gasteiger partial charge >= 0.3 is 0 Å². The molecule has 0 radical (unpaired) electrons. The zero-order chi connectivity index (χ0) is 12.0. The summed E-state index contributed by atoms with van der Waals surface area (Å²) < 4.78 is 0. The summed E-state index contributed by atoms with van der Waals surface area (Å²) in [5, 5.41) is 8.61. The Morgan fingerprint density at radius 2 is 2.19 bits per heavy atom. The van der Waals surface area contributed by atoms with Gasteiger partial charge in [-0.25, -0.2) is 9.97 Å². The van der Waals surface area contributed by atoms with Gasteiger partial charge in [0.05, 0.1) is 24.9 Å². The highest BCUT2D eigenvalue weighted by Gasteiger charge is 2.09. The second-order valence-corrected chi connectivity index (χ2v) is 4.05. The Labute approximate surface area is 95.9 Å². The first kappa shape index (κ1) is 12.2. The summed E-state index contributed by atoms with van der Waals surface area (Å²) in [5.41, 5.74) is 5.48. The maximum absolute atomic E-state index is 8.61. The highest BCUT2D eigenvalue weighted by Crippen LogP contribution is 2.12. The summed E-state index contributed by atoms with van der Waals surface area (Å²) in [6.45, 7) is 5.79. The maximum Gasteiger partial charge on any atom is 0.147 e.